The first-order valence-electron chi connectivity index (χ1n) is 7.17. The zero-order valence-electron chi connectivity index (χ0n) is 12.6. The Morgan fingerprint density at radius 1 is 1.26 bits per heavy atom. The molecule has 0 bridgehead atoms. The molecular formula is C14H27N3O2. The van der Waals surface area contributed by atoms with E-state index in [0.717, 1.165) is 25.2 Å². The summed E-state index contributed by atoms with van der Waals surface area (Å²) in [5.74, 6) is 1.07. The highest BCUT2D eigenvalue weighted by Gasteiger charge is 2.22. The van der Waals surface area contributed by atoms with Crippen LogP contribution in [-0.2, 0) is 22.4 Å². The van der Waals surface area contributed by atoms with Crippen LogP contribution < -0.4 is 5.32 Å². The molecule has 1 N–H and O–H groups in total. The molecule has 0 aliphatic heterocycles. The number of imidazole rings is 1. The van der Waals surface area contributed by atoms with Crippen molar-refractivity contribution in [3.05, 3.63) is 18.2 Å². The smallest absolute Gasteiger partial charge is 0.173 e. The maximum atomic E-state index is 5.66. The van der Waals surface area contributed by atoms with Crippen LogP contribution in [0.15, 0.2) is 12.4 Å². The Labute approximate surface area is 116 Å². The summed E-state index contributed by atoms with van der Waals surface area (Å²) in [5, 5.41) is 3.28. The molecule has 1 aromatic heterocycles. The lowest BCUT2D eigenvalue weighted by Gasteiger charge is -2.26. The topological polar surface area (TPSA) is 48.3 Å². The quantitative estimate of drug-likeness (QED) is 0.658. The van der Waals surface area contributed by atoms with Gasteiger partial charge in [0.2, 0.25) is 0 Å². The zero-order chi connectivity index (χ0) is 14.1. The van der Waals surface area contributed by atoms with Crippen molar-refractivity contribution in [1.29, 1.82) is 0 Å². The van der Waals surface area contributed by atoms with E-state index in [0.29, 0.717) is 13.2 Å². The molecule has 0 amide bonds. The van der Waals surface area contributed by atoms with Gasteiger partial charge < -0.3 is 19.4 Å². The predicted octanol–water partition coefficient (Wildman–Crippen LogP) is 1.82. The second-order valence-corrected chi connectivity index (χ2v) is 4.42. The molecule has 1 heterocycles. The predicted molar refractivity (Wildman–Crippen MR) is 76.1 cm³/mol. The van der Waals surface area contributed by atoms with Crippen molar-refractivity contribution in [2.75, 3.05) is 20.3 Å². The van der Waals surface area contributed by atoms with E-state index in [1.54, 1.807) is 0 Å². The summed E-state index contributed by atoms with van der Waals surface area (Å²) in [4.78, 5) is 4.44. The van der Waals surface area contributed by atoms with Gasteiger partial charge in [0.25, 0.3) is 0 Å². The van der Waals surface area contributed by atoms with Gasteiger partial charge in [-0.05, 0) is 27.3 Å². The van der Waals surface area contributed by atoms with Crippen molar-refractivity contribution in [2.24, 2.45) is 0 Å². The number of nitrogens with zero attached hydrogens (tertiary/aromatic N) is 2. The van der Waals surface area contributed by atoms with Crippen molar-refractivity contribution in [1.82, 2.24) is 14.9 Å². The summed E-state index contributed by atoms with van der Waals surface area (Å²) in [6.07, 6.45) is 5.56. The molecule has 0 saturated heterocycles. The Bertz CT molecular complexity index is 335. The number of nitrogens with one attached hydrogen (secondary N) is 1. The van der Waals surface area contributed by atoms with Crippen molar-refractivity contribution >= 4 is 0 Å². The number of aromatic nitrogens is 2. The fourth-order valence-electron chi connectivity index (χ4n) is 2.11. The normalized spacial score (nSPS) is 13.1. The lowest BCUT2D eigenvalue weighted by atomic mass is 10.2. The van der Waals surface area contributed by atoms with E-state index < -0.39 is 0 Å². The van der Waals surface area contributed by atoms with Gasteiger partial charge in [0, 0.05) is 38.6 Å². The number of rotatable bonds is 10. The van der Waals surface area contributed by atoms with E-state index in [-0.39, 0.29) is 12.3 Å². The largest absolute Gasteiger partial charge is 0.351 e. The molecule has 0 aliphatic rings. The maximum absolute atomic E-state index is 5.66. The van der Waals surface area contributed by atoms with Gasteiger partial charge in [0.05, 0.1) is 6.04 Å². The molecule has 0 saturated carbocycles. The van der Waals surface area contributed by atoms with Crippen LogP contribution in [0.2, 0.25) is 0 Å². The van der Waals surface area contributed by atoms with Gasteiger partial charge in [-0.15, -0.1) is 0 Å². The first kappa shape index (κ1) is 16.1. The summed E-state index contributed by atoms with van der Waals surface area (Å²) < 4.78 is 13.5. The van der Waals surface area contributed by atoms with Gasteiger partial charge >= 0.3 is 0 Å². The fourth-order valence-corrected chi connectivity index (χ4v) is 2.11. The third kappa shape index (κ3) is 4.93. The van der Waals surface area contributed by atoms with Gasteiger partial charge in [-0.3, -0.25) is 0 Å². The molecule has 0 radical (unpaired) electrons. The first-order valence-corrected chi connectivity index (χ1v) is 7.17. The highest BCUT2D eigenvalue weighted by molar-refractivity contribution is 4.96. The van der Waals surface area contributed by atoms with E-state index in [4.69, 9.17) is 9.47 Å². The second kappa shape index (κ2) is 9.07. The maximum Gasteiger partial charge on any atom is 0.173 e. The molecule has 1 rings (SSSR count). The Morgan fingerprint density at radius 3 is 2.47 bits per heavy atom. The molecule has 110 valence electrons. The van der Waals surface area contributed by atoms with Crippen LogP contribution in [0.4, 0.5) is 0 Å². The van der Waals surface area contributed by atoms with Gasteiger partial charge in [-0.2, -0.15) is 0 Å². The Kier molecular flexibility index (Phi) is 7.70. The summed E-state index contributed by atoms with van der Waals surface area (Å²) >= 11 is 0. The average molecular weight is 269 g/mol. The van der Waals surface area contributed by atoms with E-state index in [9.17, 15) is 0 Å². The molecule has 0 spiro atoms. The molecular weight excluding hydrogens is 242 g/mol. The third-order valence-electron chi connectivity index (χ3n) is 3.03. The molecule has 19 heavy (non-hydrogen) atoms. The SMILES string of the molecule is CCCn1ccnc1CC(NC)C(OCC)OCC. The lowest BCUT2D eigenvalue weighted by Crippen LogP contribution is -2.43. The summed E-state index contributed by atoms with van der Waals surface area (Å²) in [6.45, 7) is 8.42. The first-order chi connectivity index (χ1) is 9.26. The number of ether oxygens (including phenoxy) is 2. The van der Waals surface area contributed by atoms with Crippen LogP contribution >= 0.6 is 0 Å². The fraction of sp³-hybridized carbons (Fsp3) is 0.786. The second-order valence-electron chi connectivity index (χ2n) is 4.42. The minimum Gasteiger partial charge on any atom is -0.351 e. The minimum atomic E-state index is -0.230. The van der Waals surface area contributed by atoms with E-state index in [2.05, 4.69) is 21.8 Å². The van der Waals surface area contributed by atoms with E-state index in [1.807, 2.05) is 33.3 Å². The van der Waals surface area contributed by atoms with Crippen LogP contribution in [0.5, 0.6) is 0 Å². The summed E-state index contributed by atoms with van der Waals surface area (Å²) in [7, 11) is 1.93. The Hall–Kier alpha value is -0.910. The van der Waals surface area contributed by atoms with Crippen LogP contribution in [-0.4, -0.2) is 42.1 Å². The standard InChI is InChI=1S/C14H27N3O2/c1-5-9-17-10-8-16-13(17)11-12(15-4)14(18-6-2)19-7-3/h8,10,12,14-15H,5-7,9,11H2,1-4H3. The van der Waals surface area contributed by atoms with Crippen LogP contribution in [0.25, 0.3) is 0 Å². The number of aryl methyl sites for hydroxylation is 1. The van der Waals surface area contributed by atoms with Crippen LogP contribution in [0.3, 0.4) is 0 Å². The van der Waals surface area contributed by atoms with Crippen molar-refractivity contribution in [3.63, 3.8) is 0 Å². The Morgan fingerprint density at radius 2 is 1.95 bits per heavy atom. The number of likely N-dealkylation sites (N-methyl/N-ethyl adjacent to an activating group) is 1. The van der Waals surface area contributed by atoms with Crippen molar-refractivity contribution < 1.29 is 9.47 Å². The monoisotopic (exact) mass is 269 g/mol. The van der Waals surface area contributed by atoms with Crippen molar-refractivity contribution in [3.8, 4) is 0 Å². The molecule has 5 heteroatoms. The summed E-state index contributed by atoms with van der Waals surface area (Å²) in [6, 6.07) is 0.109. The summed E-state index contributed by atoms with van der Waals surface area (Å²) in [5.41, 5.74) is 0. The molecule has 1 atom stereocenters. The molecule has 5 nitrogen and oxygen atoms in total. The van der Waals surface area contributed by atoms with E-state index in [1.165, 1.54) is 0 Å². The number of hydrogen-bond acceptors (Lipinski definition) is 4. The molecule has 0 aromatic carbocycles. The molecule has 1 unspecified atom stereocenters. The average Bonchev–Trinajstić information content (AvgIpc) is 2.83. The van der Waals surface area contributed by atoms with Crippen LogP contribution in [0.1, 0.15) is 33.0 Å². The molecule has 0 aliphatic carbocycles. The van der Waals surface area contributed by atoms with Crippen molar-refractivity contribution in [2.45, 2.75) is 52.5 Å². The highest BCUT2D eigenvalue weighted by Crippen LogP contribution is 2.09. The number of hydrogen-bond donors (Lipinski definition) is 1. The lowest BCUT2D eigenvalue weighted by molar-refractivity contribution is -0.153. The van der Waals surface area contributed by atoms with Gasteiger partial charge in [-0.25, -0.2) is 4.98 Å². The highest BCUT2D eigenvalue weighted by atomic mass is 16.7. The zero-order valence-corrected chi connectivity index (χ0v) is 12.6. The Balaban J connectivity index is 2.70. The molecule has 0 fully saturated rings. The van der Waals surface area contributed by atoms with E-state index >= 15 is 0 Å². The minimum absolute atomic E-state index is 0.109. The molecule has 1 aromatic rings. The van der Waals surface area contributed by atoms with Crippen LogP contribution in [0, 0.1) is 0 Å². The van der Waals surface area contributed by atoms with Gasteiger partial charge in [0.15, 0.2) is 6.29 Å². The van der Waals surface area contributed by atoms with Gasteiger partial charge in [0.1, 0.15) is 5.82 Å². The third-order valence-corrected chi connectivity index (χ3v) is 3.03. The van der Waals surface area contributed by atoms with Gasteiger partial charge in [-0.1, -0.05) is 6.92 Å².